The van der Waals surface area contributed by atoms with Crippen molar-refractivity contribution in [2.45, 2.75) is 24.8 Å². The lowest BCUT2D eigenvalue weighted by Gasteiger charge is -2.12. The second-order valence-corrected chi connectivity index (χ2v) is 3.83. The number of aliphatic carboxylic acids is 1. The Hall–Kier alpha value is -1.57. The van der Waals surface area contributed by atoms with Crippen molar-refractivity contribution >= 4 is 17.6 Å². The maximum absolute atomic E-state index is 10.7. The summed E-state index contributed by atoms with van der Waals surface area (Å²) in [4.78, 5) is 10.7. The van der Waals surface area contributed by atoms with E-state index in [0.29, 0.717) is 24.0 Å². The Morgan fingerprint density at radius 2 is 2.24 bits per heavy atom. The smallest absolute Gasteiger partial charge is 0.337 e. The molecular weight excluding hydrogens is 242 g/mol. The van der Waals surface area contributed by atoms with E-state index >= 15 is 0 Å². The van der Waals surface area contributed by atoms with Crippen molar-refractivity contribution in [1.29, 1.82) is 5.26 Å². The van der Waals surface area contributed by atoms with Crippen LogP contribution in [0.15, 0.2) is 18.2 Å². The number of carboxylic acid groups (broad SMARTS) is 1. The lowest BCUT2D eigenvalue weighted by atomic mass is 9.99. The fourth-order valence-corrected chi connectivity index (χ4v) is 1.76. The monoisotopic (exact) mass is 253 g/mol. The van der Waals surface area contributed by atoms with Gasteiger partial charge < -0.3 is 10.2 Å². The normalized spacial score (nSPS) is 11.8. The Labute approximate surface area is 104 Å². The van der Waals surface area contributed by atoms with Gasteiger partial charge in [0.15, 0.2) is 6.10 Å². The van der Waals surface area contributed by atoms with Crippen molar-refractivity contribution in [1.82, 2.24) is 0 Å². The van der Waals surface area contributed by atoms with Crippen molar-refractivity contribution in [2.24, 2.45) is 0 Å². The molecule has 0 aliphatic carbocycles. The predicted octanol–water partition coefficient (Wildman–Crippen LogP) is 2.00. The molecule has 0 aliphatic rings. The van der Waals surface area contributed by atoms with E-state index in [2.05, 4.69) is 0 Å². The van der Waals surface area contributed by atoms with Crippen LogP contribution in [0.1, 0.15) is 29.2 Å². The molecule has 1 rings (SSSR count). The summed E-state index contributed by atoms with van der Waals surface area (Å²) in [6.07, 6.45) is -0.583. The van der Waals surface area contributed by atoms with Gasteiger partial charge >= 0.3 is 5.97 Å². The number of halogens is 1. The quantitative estimate of drug-likeness (QED) is 0.787. The largest absolute Gasteiger partial charge is 0.479 e. The Kier molecular flexibility index (Phi) is 4.95. The molecule has 5 heteroatoms. The van der Waals surface area contributed by atoms with E-state index < -0.39 is 12.1 Å². The van der Waals surface area contributed by atoms with E-state index in [4.69, 9.17) is 22.0 Å². The Morgan fingerprint density at radius 1 is 1.53 bits per heavy atom. The third-order valence-electron chi connectivity index (χ3n) is 2.41. The van der Waals surface area contributed by atoms with Crippen LogP contribution in [-0.2, 0) is 17.1 Å². The fourth-order valence-electron chi connectivity index (χ4n) is 1.53. The molecule has 0 spiro atoms. The molecule has 0 saturated carbocycles. The first-order valence-corrected chi connectivity index (χ1v) is 5.59. The molecule has 4 nitrogen and oxygen atoms in total. The molecule has 0 heterocycles. The topological polar surface area (TPSA) is 81.3 Å². The second kappa shape index (κ2) is 6.24. The van der Waals surface area contributed by atoms with Crippen LogP contribution in [0.3, 0.4) is 0 Å². The number of nitrogens with zero attached hydrogens (tertiary/aromatic N) is 1. The molecule has 90 valence electrons. The molecule has 0 fully saturated rings. The van der Waals surface area contributed by atoms with Crippen LogP contribution in [0, 0.1) is 11.3 Å². The van der Waals surface area contributed by atoms with E-state index in [1.165, 1.54) is 0 Å². The molecule has 2 N–H and O–H groups in total. The maximum Gasteiger partial charge on any atom is 0.337 e. The third kappa shape index (κ3) is 3.45. The number of hydrogen-bond donors (Lipinski definition) is 2. The molecule has 1 aromatic carbocycles. The first-order chi connectivity index (χ1) is 8.10. The van der Waals surface area contributed by atoms with Gasteiger partial charge in [0.05, 0.1) is 6.07 Å². The highest BCUT2D eigenvalue weighted by atomic mass is 35.5. The summed E-state index contributed by atoms with van der Waals surface area (Å²) in [5, 5.41) is 26.7. The number of aliphatic hydroxyl groups is 1. The van der Waals surface area contributed by atoms with Gasteiger partial charge in [0, 0.05) is 12.3 Å². The van der Waals surface area contributed by atoms with Crippen LogP contribution in [0.2, 0.25) is 0 Å². The Bertz CT molecular complexity index is 454. The highest BCUT2D eigenvalue weighted by Gasteiger charge is 2.19. The summed E-state index contributed by atoms with van der Waals surface area (Å²) in [5.41, 5.74) is 1.79. The molecule has 0 amide bonds. The highest BCUT2D eigenvalue weighted by Crippen LogP contribution is 2.22. The molecule has 0 radical (unpaired) electrons. The molecule has 0 aromatic heterocycles. The minimum absolute atomic E-state index is 0.125. The average molecular weight is 254 g/mol. The summed E-state index contributed by atoms with van der Waals surface area (Å²) < 4.78 is 0. The zero-order chi connectivity index (χ0) is 12.8. The first-order valence-electron chi connectivity index (χ1n) is 5.05. The Morgan fingerprint density at radius 3 is 2.76 bits per heavy atom. The van der Waals surface area contributed by atoms with Crippen LogP contribution in [0.25, 0.3) is 0 Å². The lowest BCUT2D eigenvalue weighted by molar-refractivity contribution is -0.147. The fraction of sp³-hybridized carbons (Fsp3) is 0.333. The van der Waals surface area contributed by atoms with Crippen LogP contribution in [-0.4, -0.2) is 16.2 Å². The number of carboxylic acids is 1. The summed E-state index contributed by atoms with van der Waals surface area (Å²) >= 11 is 5.72. The predicted molar refractivity (Wildman–Crippen MR) is 62.5 cm³/mol. The van der Waals surface area contributed by atoms with Crippen LogP contribution in [0.5, 0.6) is 0 Å². The van der Waals surface area contributed by atoms with Crippen molar-refractivity contribution < 1.29 is 15.0 Å². The summed E-state index contributed by atoms with van der Waals surface area (Å²) in [6.45, 7) is 0. The van der Waals surface area contributed by atoms with E-state index in [1.54, 1.807) is 18.2 Å². The van der Waals surface area contributed by atoms with Crippen molar-refractivity contribution in [3.8, 4) is 6.07 Å². The minimum atomic E-state index is -1.56. The van der Waals surface area contributed by atoms with Gasteiger partial charge in [-0.2, -0.15) is 5.26 Å². The van der Waals surface area contributed by atoms with E-state index in [9.17, 15) is 9.90 Å². The Balaban J connectivity index is 3.01. The van der Waals surface area contributed by atoms with Gasteiger partial charge in [-0.05, 0) is 23.1 Å². The summed E-state index contributed by atoms with van der Waals surface area (Å²) in [6, 6.07) is 7.01. The van der Waals surface area contributed by atoms with Gasteiger partial charge in [-0.15, -0.1) is 11.6 Å². The molecule has 1 aromatic rings. The molecule has 1 unspecified atom stereocenters. The number of carbonyl (C=O) groups is 1. The zero-order valence-corrected chi connectivity index (χ0v) is 9.81. The van der Waals surface area contributed by atoms with Gasteiger partial charge in [-0.1, -0.05) is 18.2 Å². The van der Waals surface area contributed by atoms with Crippen LogP contribution in [0.4, 0.5) is 0 Å². The van der Waals surface area contributed by atoms with Crippen molar-refractivity contribution in [2.75, 3.05) is 0 Å². The molecule has 1 atom stereocenters. The van der Waals surface area contributed by atoms with Crippen molar-refractivity contribution in [3.05, 3.63) is 34.9 Å². The number of aliphatic hydroxyl groups excluding tert-OH is 1. The van der Waals surface area contributed by atoms with Gasteiger partial charge in [0.25, 0.3) is 0 Å². The average Bonchev–Trinajstić information content (AvgIpc) is 2.34. The van der Waals surface area contributed by atoms with Gasteiger partial charge in [0.2, 0.25) is 0 Å². The van der Waals surface area contributed by atoms with E-state index in [0.717, 1.165) is 5.56 Å². The number of benzene rings is 1. The maximum atomic E-state index is 10.7. The first kappa shape index (κ1) is 13.5. The molecule has 0 saturated heterocycles. The number of aryl methyl sites for hydroxylation is 1. The zero-order valence-electron chi connectivity index (χ0n) is 9.06. The SMILES string of the molecule is N#CCCc1ccc(C(O)C(=O)O)c(CCl)c1. The standard InChI is InChI=1S/C12H12ClNO3/c13-7-9-6-8(2-1-5-14)3-4-10(9)11(15)12(16)17/h3-4,6,11,15H,1-2,7H2,(H,16,17). The summed E-state index contributed by atoms with van der Waals surface area (Å²) in [7, 11) is 0. The lowest BCUT2D eigenvalue weighted by Crippen LogP contribution is -2.12. The number of nitriles is 1. The van der Waals surface area contributed by atoms with Crippen LogP contribution < -0.4 is 0 Å². The molecule has 17 heavy (non-hydrogen) atoms. The van der Waals surface area contributed by atoms with Gasteiger partial charge in [-0.3, -0.25) is 0 Å². The van der Waals surface area contributed by atoms with Gasteiger partial charge in [-0.25, -0.2) is 4.79 Å². The molecule has 0 bridgehead atoms. The minimum Gasteiger partial charge on any atom is -0.479 e. The second-order valence-electron chi connectivity index (χ2n) is 3.57. The van der Waals surface area contributed by atoms with E-state index in [1.807, 2.05) is 6.07 Å². The van der Waals surface area contributed by atoms with Crippen molar-refractivity contribution in [3.63, 3.8) is 0 Å². The number of rotatable bonds is 5. The third-order valence-corrected chi connectivity index (χ3v) is 2.69. The highest BCUT2D eigenvalue weighted by molar-refractivity contribution is 6.17. The summed E-state index contributed by atoms with van der Waals surface area (Å²) in [5.74, 6) is -1.18. The number of alkyl halides is 1. The molecule has 0 aliphatic heterocycles. The van der Waals surface area contributed by atoms with Gasteiger partial charge in [0.1, 0.15) is 0 Å². The number of hydrogen-bond acceptors (Lipinski definition) is 3. The molecular formula is C12H12ClNO3. The van der Waals surface area contributed by atoms with E-state index in [-0.39, 0.29) is 5.88 Å². The van der Waals surface area contributed by atoms with Crippen LogP contribution >= 0.6 is 11.6 Å².